The molecule has 0 aliphatic heterocycles. The van der Waals surface area contributed by atoms with E-state index in [0.717, 1.165) is 5.69 Å². The number of pyridine rings is 1. The smallest absolute Gasteiger partial charge is 0.132 e. The number of benzene rings is 1. The molecule has 1 aromatic carbocycles. The van der Waals surface area contributed by atoms with Crippen LogP contribution in [0.1, 0.15) is 11.3 Å². The maximum Gasteiger partial charge on any atom is 0.132 e. The van der Waals surface area contributed by atoms with E-state index in [0.29, 0.717) is 16.5 Å². The van der Waals surface area contributed by atoms with Crippen LogP contribution in [0.15, 0.2) is 24.3 Å². The Balaban J connectivity index is 2.94. The second kappa shape index (κ2) is 3.12. The van der Waals surface area contributed by atoms with Gasteiger partial charge in [-0.15, -0.1) is 6.42 Å². The van der Waals surface area contributed by atoms with Crippen molar-refractivity contribution in [1.82, 2.24) is 4.98 Å². The largest absolute Gasteiger partial charge is 0.252 e. The molecular formula is C12H8FN. The zero-order valence-corrected chi connectivity index (χ0v) is 7.71. The maximum absolute atomic E-state index is 13.3. The quantitative estimate of drug-likeness (QED) is 0.575. The molecule has 0 fully saturated rings. The number of fused-ring (bicyclic) bond motifs is 1. The van der Waals surface area contributed by atoms with Crippen LogP contribution in [-0.2, 0) is 0 Å². The Kier molecular flexibility index (Phi) is 1.94. The van der Waals surface area contributed by atoms with Gasteiger partial charge in [-0.2, -0.15) is 0 Å². The second-order valence-corrected chi connectivity index (χ2v) is 3.09. The fraction of sp³-hybridized carbons (Fsp3) is 0.0833. The summed E-state index contributed by atoms with van der Waals surface area (Å²) in [5.41, 5.74) is 2.03. The van der Waals surface area contributed by atoms with E-state index in [1.165, 1.54) is 6.07 Å². The average molecular weight is 185 g/mol. The number of hydrogen-bond donors (Lipinski definition) is 0. The van der Waals surface area contributed by atoms with Crippen molar-refractivity contribution in [2.45, 2.75) is 6.92 Å². The molecule has 0 saturated carbocycles. The second-order valence-electron chi connectivity index (χ2n) is 3.09. The predicted molar refractivity (Wildman–Crippen MR) is 54.4 cm³/mol. The highest BCUT2D eigenvalue weighted by Crippen LogP contribution is 2.19. The van der Waals surface area contributed by atoms with E-state index in [1.54, 1.807) is 18.2 Å². The van der Waals surface area contributed by atoms with Crippen LogP contribution in [-0.4, -0.2) is 4.98 Å². The molecule has 0 saturated heterocycles. The number of aryl methyl sites for hydroxylation is 1. The molecule has 0 N–H and O–H groups in total. The van der Waals surface area contributed by atoms with Gasteiger partial charge in [-0.05, 0) is 31.2 Å². The molecule has 0 unspecified atom stereocenters. The molecule has 68 valence electrons. The molecule has 1 aromatic heterocycles. The van der Waals surface area contributed by atoms with E-state index >= 15 is 0 Å². The minimum atomic E-state index is -0.286. The molecule has 1 heterocycles. The van der Waals surface area contributed by atoms with Crippen LogP contribution in [0.3, 0.4) is 0 Å². The molecule has 0 spiro atoms. The Morgan fingerprint density at radius 2 is 2.07 bits per heavy atom. The van der Waals surface area contributed by atoms with E-state index in [1.807, 2.05) is 6.92 Å². The first kappa shape index (κ1) is 8.71. The molecule has 1 nitrogen and oxygen atoms in total. The van der Waals surface area contributed by atoms with Crippen molar-refractivity contribution in [3.63, 3.8) is 0 Å². The Labute approximate surface area is 81.6 Å². The van der Waals surface area contributed by atoms with Crippen molar-refractivity contribution in [2.24, 2.45) is 0 Å². The summed E-state index contributed by atoms with van der Waals surface area (Å²) in [6.07, 6.45) is 5.30. The summed E-state index contributed by atoms with van der Waals surface area (Å²) in [6, 6.07) is 6.41. The number of halogens is 1. The summed E-state index contributed by atoms with van der Waals surface area (Å²) in [7, 11) is 0. The molecule has 0 atom stereocenters. The summed E-state index contributed by atoms with van der Waals surface area (Å²) in [5.74, 6) is 2.21. The van der Waals surface area contributed by atoms with Crippen LogP contribution in [0.4, 0.5) is 4.39 Å². The fourth-order valence-electron chi connectivity index (χ4n) is 1.40. The van der Waals surface area contributed by atoms with Crippen molar-refractivity contribution < 1.29 is 4.39 Å². The molecule has 14 heavy (non-hydrogen) atoms. The first-order valence-electron chi connectivity index (χ1n) is 4.25. The Hall–Kier alpha value is -1.88. The minimum absolute atomic E-state index is 0.286. The third-order valence-corrected chi connectivity index (χ3v) is 2.10. The first-order chi connectivity index (χ1) is 6.72. The first-order valence-corrected chi connectivity index (χ1v) is 4.25. The molecule has 2 rings (SSSR count). The number of hydrogen-bond acceptors (Lipinski definition) is 1. The average Bonchev–Trinajstić information content (AvgIpc) is 2.18. The molecular weight excluding hydrogens is 177 g/mol. The van der Waals surface area contributed by atoms with E-state index in [4.69, 9.17) is 6.42 Å². The van der Waals surface area contributed by atoms with E-state index < -0.39 is 0 Å². The molecule has 2 heteroatoms. The molecule has 0 amide bonds. The third-order valence-electron chi connectivity index (χ3n) is 2.10. The lowest BCUT2D eigenvalue weighted by Crippen LogP contribution is -1.89. The summed E-state index contributed by atoms with van der Waals surface area (Å²) in [5, 5.41) is 0.478. The van der Waals surface area contributed by atoms with Crippen LogP contribution < -0.4 is 0 Å². The summed E-state index contributed by atoms with van der Waals surface area (Å²) in [4.78, 5) is 4.22. The van der Waals surface area contributed by atoms with E-state index in [9.17, 15) is 4.39 Å². The highest BCUT2D eigenvalue weighted by Gasteiger charge is 2.05. The standard InChI is InChI=1S/C12H8FN/c1-3-9-5-7-11(13)10-6-4-8(2)14-12(9)10/h1,4-7H,2H3. The summed E-state index contributed by atoms with van der Waals surface area (Å²) < 4.78 is 13.3. The lowest BCUT2D eigenvalue weighted by Gasteiger charge is -2.02. The van der Waals surface area contributed by atoms with Gasteiger partial charge in [0.1, 0.15) is 5.82 Å². The number of aromatic nitrogens is 1. The molecule has 0 bridgehead atoms. The Morgan fingerprint density at radius 1 is 1.29 bits per heavy atom. The van der Waals surface area contributed by atoms with Crippen LogP contribution in [0.2, 0.25) is 0 Å². The van der Waals surface area contributed by atoms with Crippen molar-refractivity contribution >= 4 is 10.9 Å². The highest BCUT2D eigenvalue weighted by atomic mass is 19.1. The third kappa shape index (κ3) is 1.23. The fourth-order valence-corrected chi connectivity index (χ4v) is 1.40. The van der Waals surface area contributed by atoms with Gasteiger partial charge in [0.15, 0.2) is 0 Å². The zero-order chi connectivity index (χ0) is 10.1. The van der Waals surface area contributed by atoms with Gasteiger partial charge in [-0.25, -0.2) is 4.39 Å². The topological polar surface area (TPSA) is 12.9 Å². The lowest BCUT2D eigenvalue weighted by molar-refractivity contribution is 0.639. The maximum atomic E-state index is 13.3. The van der Waals surface area contributed by atoms with Crippen molar-refractivity contribution in [3.8, 4) is 12.3 Å². The van der Waals surface area contributed by atoms with Crippen LogP contribution in [0.5, 0.6) is 0 Å². The van der Waals surface area contributed by atoms with Gasteiger partial charge in [0.2, 0.25) is 0 Å². The van der Waals surface area contributed by atoms with Crippen LogP contribution in [0.25, 0.3) is 10.9 Å². The summed E-state index contributed by atoms with van der Waals surface area (Å²) >= 11 is 0. The SMILES string of the molecule is C#Cc1ccc(F)c2ccc(C)nc12. The van der Waals surface area contributed by atoms with Gasteiger partial charge >= 0.3 is 0 Å². The van der Waals surface area contributed by atoms with Gasteiger partial charge in [-0.1, -0.05) is 5.92 Å². The van der Waals surface area contributed by atoms with Crippen molar-refractivity contribution in [2.75, 3.05) is 0 Å². The molecule has 0 aliphatic carbocycles. The molecule has 0 radical (unpaired) electrons. The lowest BCUT2D eigenvalue weighted by atomic mass is 10.1. The van der Waals surface area contributed by atoms with Gasteiger partial charge in [0, 0.05) is 11.1 Å². The van der Waals surface area contributed by atoms with Crippen molar-refractivity contribution in [1.29, 1.82) is 0 Å². The monoisotopic (exact) mass is 185 g/mol. The van der Waals surface area contributed by atoms with E-state index in [2.05, 4.69) is 10.9 Å². The van der Waals surface area contributed by atoms with Gasteiger partial charge in [0.05, 0.1) is 11.1 Å². The normalized spacial score (nSPS) is 10.1. The van der Waals surface area contributed by atoms with E-state index in [-0.39, 0.29) is 5.82 Å². The number of nitrogens with zero attached hydrogens (tertiary/aromatic N) is 1. The number of terminal acetylenes is 1. The van der Waals surface area contributed by atoms with Crippen LogP contribution in [0, 0.1) is 25.1 Å². The van der Waals surface area contributed by atoms with Gasteiger partial charge in [0.25, 0.3) is 0 Å². The molecule has 0 aliphatic rings. The summed E-state index contributed by atoms with van der Waals surface area (Å²) in [6.45, 7) is 1.85. The zero-order valence-electron chi connectivity index (χ0n) is 7.71. The number of rotatable bonds is 0. The van der Waals surface area contributed by atoms with Gasteiger partial charge in [-0.3, -0.25) is 4.98 Å². The highest BCUT2D eigenvalue weighted by molar-refractivity contribution is 5.85. The Bertz CT molecular complexity index is 538. The molecule has 2 aromatic rings. The Morgan fingerprint density at radius 3 is 2.79 bits per heavy atom. The minimum Gasteiger partial charge on any atom is -0.252 e. The van der Waals surface area contributed by atoms with Gasteiger partial charge < -0.3 is 0 Å². The van der Waals surface area contributed by atoms with Crippen molar-refractivity contribution in [3.05, 3.63) is 41.3 Å². The predicted octanol–water partition coefficient (Wildman–Crippen LogP) is 2.66. The van der Waals surface area contributed by atoms with Crippen LogP contribution >= 0.6 is 0 Å².